The van der Waals surface area contributed by atoms with Gasteiger partial charge >= 0.3 is 0 Å². The molecular weight excluding hydrogens is 258 g/mol. The van der Waals surface area contributed by atoms with Gasteiger partial charge in [-0.25, -0.2) is 4.98 Å². The van der Waals surface area contributed by atoms with E-state index in [-0.39, 0.29) is 12.1 Å². The molecule has 112 valence electrons. The number of aromatic nitrogens is 2. The molecule has 2 unspecified atom stereocenters. The number of nitrogens with zero attached hydrogens (tertiary/aromatic N) is 4. The van der Waals surface area contributed by atoms with Gasteiger partial charge in [0.05, 0.1) is 12.7 Å². The summed E-state index contributed by atoms with van der Waals surface area (Å²) in [6.07, 6.45) is 1.81. The van der Waals surface area contributed by atoms with Gasteiger partial charge in [0.2, 0.25) is 5.88 Å². The van der Waals surface area contributed by atoms with Crippen LogP contribution in [0.3, 0.4) is 0 Å². The van der Waals surface area contributed by atoms with Crippen molar-refractivity contribution in [3.05, 3.63) is 6.33 Å². The lowest BCUT2D eigenvalue weighted by molar-refractivity contribution is 0.191. The number of likely N-dealkylation sites (N-methyl/N-ethyl adjacent to an activating group) is 1. The highest BCUT2D eigenvalue weighted by molar-refractivity contribution is 5.68. The van der Waals surface area contributed by atoms with E-state index in [1.165, 1.54) is 6.33 Å². The van der Waals surface area contributed by atoms with Gasteiger partial charge in [0.25, 0.3) is 0 Å². The van der Waals surface area contributed by atoms with Crippen molar-refractivity contribution < 1.29 is 9.84 Å². The molecule has 3 N–H and O–H groups in total. The standard InChI is InChI=1S/C13H23N5O2/c1-4-20-13-11(14)12(15-8-16-13)18-7-10(19)5-9(18)6-17(2)3/h8-10,19H,4-7,14H2,1-3H3. The average Bonchev–Trinajstić information content (AvgIpc) is 2.72. The Hall–Kier alpha value is -1.60. The third kappa shape index (κ3) is 3.10. The summed E-state index contributed by atoms with van der Waals surface area (Å²) < 4.78 is 5.40. The molecule has 0 amide bonds. The Morgan fingerprint density at radius 1 is 1.50 bits per heavy atom. The number of β-amino-alcohol motifs (C(OH)–C–C–N with tert-alkyl or cyclic N) is 1. The van der Waals surface area contributed by atoms with E-state index >= 15 is 0 Å². The number of ether oxygens (including phenoxy) is 1. The van der Waals surface area contributed by atoms with Crippen molar-refractivity contribution in [3.8, 4) is 5.88 Å². The van der Waals surface area contributed by atoms with Gasteiger partial charge in [-0.2, -0.15) is 4.98 Å². The van der Waals surface area contributed by atoms with Crippen LogP contribution in [0, 0.1) is 0 Å². The second-order valence-corrected chi connectivity index (χ2v) is 5.31. The number of rotatable bonds is 5. The topological polar surface area (TPSA) is 87.7 Å². The number of aliphatic hydroxyl groups is 1. The van der Waals surface area contributed by atoms with E-state index in [0.29, 0.717) is 37.0 Å². The van der Waals surface area contributed by atoms with E-state index < -0.39 is 0 Å². The molecule has 1 aromatic heterocycles. The van der Waals surface area contributed by atoms with Gasteiger partial charge in [0, 0.05) is 19.1 Å². The number of hydrogen-bond donors (Lipinski definition) is 2. The molecule has 0 aromatic carbocycles. The molecule has 1 aliphatic rings. The van der Waals surface area contributed by atoms with Gasteiger partial charge < -0.3 is 25.4 Å². The van der Waals surface area contributed by atoms with Crippen molar-refractivity contribution in [2.75, 3.05) is 44.4 Å². The highest BCUT2D eigenvalue weighted by atomic mass is 16.5. The van der Waals surface area contributed by atoms with Crippen LogP contribution in [0.25, 0.3) is 0 Å². The maximum atomic E-state index is 9.93. The molecule has 1 saturated heterocycles. The zero-order chi connectivity index (χ0) is 14.7. The van der Waals surface area contributed by atoms with Crippen LogP contribution in [0.4, 0.5) is 11.5 Å². The third-order valence-corrected chi connectivity index (χ3v) is 3.35. The number of anilines is 2. The van der Waals surface area contributed by atoms with Crippen LogP contribution in [0.1, 0.15) is 13.3 Å². The summed E-state index contributed by atoms with van der Waals surface area (Å²) in [4.78, 5) is 12.5. The Morgan fingerprint density at radius 2 is 2.25 bits per heavy atom. The van der Waals surface area contributed by atoms with E-state index in [9.17, 15) is 5.11 Å². The van der Waals surface area contributed by atoms with Crippen LogP contribution in [0.5, 0.6) is 5.88 Å². The summed E-state index contributed by atoms with van der Waals surface area (Å²) in [7, 11) is 4.02. The van der Waals surface area contributed by atoms with Crippen molar-refractivity contribution in [2.24, 2.45) is 0 Å². The Kier molecular flexibility index (Phi) is 4.61. The van der Waals surface area contributed by atoms with Gasteiger partial charge in [-0.05, 0) is 27.4 Å². The molecule has 1 aromatic rings. The zero-order valence-electron chi connectivity index (χ0n) is 12.3. The van der Waals surface area contributed by atoms with Crippen molar-refractivity contribution in [1.82, 2.24) is 14.9 Å². The van der Waals surface area contributed by atoms with Crippen LogP contribution in [-0.2, 0) is 0 Å². The molecule has 2 heterocycles. The van der Waals surface area contributed by atoms with Crippen LogP contribution >= 0.6 is 0 Å². The molecule has 7 nitrogen and oxygen atoms in total. The first-order valence-electron chi connectivity index (χ1n) is 6.85. The minimum absolute atomic E-state index is 0.187. The summed E-state index contributed by atoms with van der Waals surface area (Å²) in [6, 6.07) is 0.187. The smallest absolute Gasteiger partial charge is 0.242 e. The highest BCUT2D eigenvalue weighted by Crippen LogP contribution is 2.33. The summed E-state index contributed by atoms with van der Waals surface area (Å²) in [6.45, 7) is 3.76. The Morgan fingerprint density at radius 3 is 2.90 bits per heavy atom. The molecule has 1 fully saturated rings. The van der Waals surface area contributed by atoms with Crippen LogP contribution < -0.4 is 15.4 Å². The summed E-state index contributed by atoms with van der Waals surface area (Å²) in [5.41, 5.74) is 6.54. The largest absolute Gasteiger partial charge is 0.476 e. The molecule has 0 aliphatic carbocycles. The number of hydrogen-bond acceptors (Lipinski definition) is 7. The van der Waals surface area contributed by atoms with Gasteiger partial charge in [0.1, 0.15) is 12.0 Å². The first-order chi connectivity index (χ1) is 9.52. The summed E-state index contributed by atoms with van der Waals surface area (Å²) in [5.74, 6) is 1.05. The quantitative estimate of drug-likeness (QED) is 0.783. The first-order valence-corrected chi connectivity index (χ1v) is 6.85. The van der Waals surface area contributed by atoms with E-state index in [1.807, 2.05) is 25.9 Å². The maximum Gasteiger partial charge on any atom is 0.242 e. The van der Waals surface area contributed by atoms with Crippen molar-refractivity contribution in [1.29, 1.82) is 0 Å². The molecule has 0 spiro atoms. The molecule has 0 radical (unpaired) electrons. The first kappa shape index (κ1) is 14.8. The fraction of sp³-hybridized carbons (Fsp3) is 0.692. The lowest BCUT2D eigenvalue weighted by Crippen LogP contribution is -2.38. The number of nitrogen functional groups attached to an aromatic ring is 1. The van der Waals surface area contributed by atoms with E-state index in [2.05, 4.69) is 14.9 Å². The van der Waals surface area contributed by atoms with Crippen molar-refractivity contribution >= 4 is 11.5 Å². The van der Waals surface area contributed by atoms with Gasteiger partial charge in [-0.1, -0.05) is 0 Å². The number of aliphatic hydroxyl groups excluding tert-OH is 1. The highest BCUT2D eigenvalue weighted by Gasteiger charge is 2.33. The minimum atomic E-state index is -0.357. The predicted molar refractivity (Wildman–Crippen MR) is 77.9 cm³/mol. The second kappa shape index (κ2) is 6.23. The average molecular weight is 281 g/mol. The third-order valence-electron chi connectivity index (χ3n) is 3.35. The molecule has 7 heteroatoms. The van der Waals surface area contributed by atoms with Gasteiger partial charge in [-0.15, -0.1) is 0 Å². The van der Waals surface area contributed by atoms with Crippen LogP contribution in [0.2, 0.25) is 0 Å². The van der Waals surface area contributed by atoms with Crippen LogP contribution in [-0.4, -0.2) is 65.9 Å². The molecule has 0 bridgehead atoms. The van der Waals surface area contributed by atoms with Gasteiger partial charge in [0.15, 0.2) is 5.82 Å². The lowest BCUT2D eigenvalue weighted by atomic mass is 10.2. The van der Waals surface area contributed by atoms with Crippen molar-refractivity contribution in [2.45, 2.75) is 25.5 Å². The normalized spacial score (nSPS) is 22.6. The van der Waals surface area contributed by atoms with E-state index in [4.69, 9.17) is 10.5 Å². The van der Waals surface area contributed by atoms with Crippen LogP contribution in [0.15, 0.2) is 6.33 Å². The predicted octanol–water partition coefficient (Wildman–Crippen LogP) is -0.0413. The molecule has 20 heavy (non-hydrogen) atoms. The molecular formula is C13H23N5O2. The van der Waals surface area contributed by atoms with Crippen molar-refractivity contribution in [3.63, 3.8) is 0 Å². The lowest BCUT2D eigenvalue weighted by Gasteiger charge is -2.28. The number of nitrogens with two attached hydrogens (primary N) is 1. The minimum Gasteiger partial charge on any atom is -0.476 e. The molecule has 2 atom stereocenters. The monoisotopic (exact) mass is 281 g/mol. The fourth-order valence-corrected chi connectivity index (χ4v) is 2.60. The Labute approximate surface area is 119 Å². The Balaban J connectivity index is 2.26. The van der Waals surface area contributed by atoms with E-state index in [1.54, 1.807) is 0 Å². The maximum absolute atomic E-state index is 9.93. The van der Waals surface area contributed by atoms with E-state index in [0.717, 1.165) is 6.54 Å². The fourth-order valence-electron chi connectivity index (χ4n) is 2.60. The molecule has 1 aliphatic heterocycles. The second-order valence-electron chi connectivity index (χ2n) is 5.31. The Bertz CT molecular complexity index is 454. The summed E-state index contributed by atoms with van der Waals surface area (Å²) in [5, 5.41) is 9.93. The van der Waals surface area contributed by atoms with Gasteiger partial charge in [-0.3, -0.25) is 0 Å². The SMILES string of the molecule is CCOc1ncnc(N2CC(O)CC2CN(C)C)c1N. The zero-order valence-corrected chi connectivity index (χ0v) is 12.3. The summed E-state index contributed by atoms with van der Waals surface area (Å²) >= 11 is 0. The molecule has 0 saturated carbocycles. The molecule has 2 rings (SSSR count).